The fourth-order valence-electron chi connectivity index (χ4n) is 2.05. The Balaban J connectivity index is 2.27. The second-order valence-corrected chi connectivity index (χ2v) is 6.52. The van der Waals surface area contributed by atoms with Crippen molar-refractivity contribution in [2.45, 2.75) is 45.1 Å². The Bertz CT molecular complexity index is 590. The maximum Gasteiger partial charge on any atom is 0.214 e. The van der Waals surface area contributed by atoms with Crippen molar-refractivity contribution in [2.24, 2.45) is 0 Å². The van der Waals surface area contributed by atoms with Crippen LogP contribution in [0.3, 0.4) is 0 Å². The minimum Gasteiger partial charge on any atom is -0.470 e. The van der Waals surface area contributed by atoms with Gasteiger partial charge in [0.15, 0.2) is 0 Å². The lowest BCUT2D eigenvalue weighted by atomic mass is 9.91. The van der Waals surface area contributed by atoms with E-state index in [1.54, 1.807) is 0 Å². The van der Waals surface area contributed by atoms with Crippen LogP contribution in [0.2, 0.25) is 0 Å². The van der Waals surface area contributed by atoms with Crippen molar-refractivity contribution in [2.75, 3.05) is 0 Å². The summed E-state index contributed by atoms with van der Waals surface area (Å²) in [5.41, 5.74) is 3.13. The summed E-state index contributed by atoms with van der Waals surface area (Å²) in [7, 11) is 0. The summed E-state index contributed by atoms with van der Waals surface area (Å²) in [6.45, 7) is 8.44. The number of rotatable bonds is 4. The number of ether oxygens (including phenoxy) is 1. The number of alkyl halides is 1. The summed E-state index contributed by atoms with van der Waals surface area (Å²) >= 11 is 5.99. The minimum absolute atomic E-state index is 0.0316. The summed E-state index contributed by atoms with van der Waals surface area (Å²) in [6, 6.07) is 14.1. The molecular weight excluding hydrogens is 282 g/mol. The predicted molar refractivity (Wildman–Crippen MR) is 88.0 cm³/mol. The van der Waals surface area contributed by atoms with Crippen LogP contribution in [0.5, 0.6) is 5.88 Å². The van der Waals surface area contributed by atoms with Crippen molar-refractivity contribution in [3.8, 4) is 5.88 Å². The van der Waals surface area contributed by atoms with Crippen LogP contribution in [0.4, 0.5) is 0 Å². The SMILES string of the molecule is CC(Oc1cc(CCl)cc(C(C)(C)C)n1)c1ccccc1. The van der Waals surface area contributed by atoms with Gasteiger partial charge in [-0.05, 0) is 24.1 Å². The van der Waals surface area contributed by atoms with Gasteiger partial charge in [-0.25, -0.2) is 4.98 Å². The van der Waals surface area contributed by atoms with Crippen LogP contribution in [-0.4, -0.2) is 4.98 Å². The molecule has 0 fully saturated rings. The second kappa shape index (κ2) is 6.48. The zero-order valence-electron chi connectivity index (χ0n) is 13.1. The number of benzene rings is 1. The van der Waals surface area contributed by atoms with Crippen molar-refractivity contribution in [3.63, 3.8) is 0 Å². The van der Waals surface area contributed by atoms with Crippen LogP contribution in [-0.2, 0) is 11.3 Å². The molecule has 0 amide bonds. The van der Waals surface area contributed by atoms with Crippen LogP contribution in [0.1, 0.15) is 50.6 Å². The molecule has 112 valence electrons. The van der Waals surface area contributed by atoms with Crippen LogP contribution in [0.15, 0.2) is 42.5 Å². The highest BCUT2D eigenvalue weighted by Gasteiger charge is 2.18. The molecule has 2 rings (SSSR count). The summed E-state index contributed by atoms with van der Waals surface area (Å²) in [6.07, 6.45) is -0.0444. The standard InChI is InChI=1S/C18H22ClNO/c1-13(15-8-6-5-7-9-15)21-17-11-14(12-19)10-16(20-17)18(2,3)4/h5-11,13H,12H2,1-4H3. The molecule has 0 aliphatic rings. The molecule has 0 bridgehead atoms. The van der Waals surface area contributed by atoms with Gasteiger partial charge in [0, 0.05) is 17.4 Å². The topological polar surface area (TPSA) is 22.1 Å². The molecule has 2 nitrogen and oxygen atoms in total. The lowest BCUT2D eigenvalue weighted by Crippen LogP contribution is -2.15. The van der Waals surface area contributed by atoms with Gasteiger partial charge >= 0.3 is 0 Å². The van der Waals surface area contributed by atoms with Crippen molar-refractivity contribution < 1.29 is 4.74 Å². The molecule has 1 heterocycles. The number of nitrogens with zero attached hydrogens (tertiary/aromatic N) is 1. The first-order chi connectivity index (χ1) is 9.90. The van der Waals surface area contributed by atoms with Crippen molar-refractivity contribution in [1.29, 1.82) is 0 Å². The summed E-state index contributed by atoms with van der Waals surface area (Å²) in [4.78, 5) is 4.64. The molecule has 0 spiro atoms. The third kappa shape index (κ3) is 4.21. The largest absolute Gasteiger partial charge is 0.470 e. The van der Waals surface area contributed by atoms with E-state index in [2.05, 4.69) is 37.9 Å². The molecule has 21 heavy (non-hydrogen) atoms. The average molecular weight is 304 g/mol. The first-order valence-electron chi connectivity index (χ1n) is 7.19. The fraction of sp³-hybridized carbons (Fsp3) is 0.389. The molecule has 0 aliphatic carbocycles. The van der Waals surface area contributed by atoms with Crippen molar-refractivity contribution in [3.05, 3.63) is 59.3 Å². The molecule has 1 aromatic heterocycles. The van der Waals surface area contributed by atoms with E-state index in [0.717, 1.165) is 16.8 Å². The maximum absolute atomic E-state index is 6.01. The van der Waals surface area contributed by atoms with Crippen LogP contribution >= 0.6 is 11.6 Å². The maximum atomic E-state index is 6.01. The second-order valence-electron chi connectivity index (χ2n) is 6.25. The van der Waals surface area contributed by atoms with Gasteiger partial charge in [-0.1, -0.05) is 51.1 Å². The molecule has 2 aromatic rings. The predicted octanol–water partition coefficient (Wildman–Crippen LogP) is 5.26. The Labute approximate surface area is 132 Å². The third-order valence-electron chi connectivity index (χ3n) is 3.35. The zero-order valence-corrected chi connectivity index (χ0v) is 13.8. The quantitative estimate of drug-likeness (QED) is 0.719. The van der Waals surface area contributed by atoms with Gasteiger partial charge in [0.25, 0.3) is 0 Å². The van der Waals surface area contributed by atoms with E-state index in [1.807, 2.05) is 37.3 Å². The van der Waals surface area contributed by atoms with Gasteiger partial charge in [-0.3, -0.25) is 0 Å². The molecule has 0 N–H and O–H groups in total. The molecule has 1 atom stereocenters. The van der Waals surface area contributed by atoms with Crippen molar-refractivity contribution >= 4 is 11.6 Å². The molecule has 0 saturated heterocycles. The highest BCUT2D eigenvalue weighted by molar-refractivity contribution is 6.17. The van der Waals surface area contributed by atoms with Gasteiger partial charge < -0.3 is 4.74 Å². The molecule has 0 radical (unpaired) electrons. The van der Waals surface area contributed by atoms with Gasteiger partial charge in [0.2, 0.25) is 5.88 Å². The smallest absolute Gasteiger partial charge is 0.214 e. The number of hydrogen-bond donors (Lipinski definition) is 0. The normalized spacial score (nSPS) is 13.0. The van der Waals surface area contributed by atoms with Gasteiger partial charge in [0.05, 0.1) is 5.69 Å². The lowest BCUT2D eigenvalue weighted by molar-refractivity contribution is 0.216. The Morgan fingerprint density at radius 3 is 2.38 bits per heavy atom. The molecular formula is C18H22ClNO. The van der Waals surface area contributed by atoms with E-state index in [4.69, 9.17) is 16.3 Å². The van der Waals surface area contributed by atoms with E-state index in [0.29, 0.717) is 11.8 Å². The van der Waals surface area contributed by atoms with Gasteiger partial charge in [-0.2, -0.15) is 0 Å². The number of pyridine rings is 1. The Morgan fingerprint density at radius 2 is 1.81 bits per heavy atom. The number of aromatic nitrogens is 1. The summed E-state index contributed by atoms with van der Waals surface area (Å²) in [5, 5.41) is 0. The van der Waals surface area contributed by atoms with E-state index in [1.165, 1.54) is 0 Å². The molecule has 1 aromatic carbocycles. The highest BCUT2D eigenvalue weighted by Crippen LogP contribution is 2.27. The number of hydrogen-bond acceptors (Lipinski definition) is 2. The Hall–Kier alpha value is -1.54. The third-order valence-corrected chi connectivity index (χ3v) is 3.66. The first kappa shape index (κ1) is 15.8. The molecule has 1 unspecified atom stereocenters. The Kier molecular flexibility index (Phi) is 4.89. The van der Waals surface area contributed by atoms with Crippen LogP contribution in [0, 0.1) is 0 Å². The van der Waals surface area contributed by atoms with Crippen molar-refractivity contribution in [1.82, 2.24) is 4.98 Å². The monoisotopic (exact) mass is 303 g/mol. The molecule has 3 heteroatoms. The van der Waals surface area contributed by atoms with E-state index >= 15 is 0 Å². The van der Waals surface area contributed by atoms with Crippen LogP contribution < -0.4 is 4.74 Å². The Morgan fingerprint density at radius 1 is 1.14 bits per heavy atom. The highest BCUT2D eigenvalue weighted by atomic mass is 35.5. The van der Waals surface area contributed by atoms with Gasteiger partial charge in [0.1, 0.15) is 6.10 Å². The van der Waals surface area contributed by atoms with Gasteiger partial charge in [-0.15, -0.1) is 11.6 Å². The number of halogens is 1. The fourth-order valence-corrected chi connectivity index (χ4v) is 2.21. The van der Waals surface area contributed by atoms with Crippen LogP contribution in [0.25, 0.3) is 0 Å². The molecule has 0 aliphatic heterocycles. The van der Waals surface area contributed by atoms with E-state index < -0.39 is 0 Å². The van der Waals surface area contributed by atoms with E-state index in [-0.39, 0.29) is 11.5 Å². The zero-order chi connectivity index (χ0) is 15.5. The molecule has 0 saturated carbocycles. The minimum atomic E-state index is -0.0444. The summed E-state index contributed by atoms with van der Waals surface area (Å²) in [5.74, 6) is 1.09. The summed E-state index contributed by atoms with van der Waals surface area (Å²) < 4.78 is 6.01. The lowest BCUT2D eigenvalue weighted by Gasteiger charge is -2.21. The first-order valence-corrected chi connectivity index (χ1v) is 7.72. The average Bonchev–Trinajstić information content (AvgIpc) is 2.46. The van der Waals surface area contributed by atoms with E-state index in [9.17, 15) is 0 Å².